The lowest BCUT2D eigenvalue weighted by Crippen LogP contribution is -2.44. The number of hydrogen-bond acceptors (Lipinski definition) is 4. The summed E-state index contributed by atoms with van der Waals surface area (Å²) >= 11 is 1.54. The van der Waals surface area contributed by atoms with E-state index in [0.717, 1.165) is 12.1 Å². The average Bonchev–Trinajstić information content (AvgIpc) is 2.88. The Morgan fingerprint density at radius 1 is 1.11 bits per heavy atom. The molecule has 0 spiro atoms. The van der Waals surface area contributed by atoms with Crippen LogP contribution >= 0.6 is 11.8 Å². The van der Waals surface area contributed by atoms with Gasteiger partial charge in [0.1, 0.15) is 11.6 Å². The fourth-order valence-electron chi connectivity index (χ4n) is 3.69. The molecular formula is C18H24F2N2O3S2. The highest BCUT2D eigenvalue weighted by atomic mass is 32.2. The van der Waals surface area contributed by atoms with Gasteiger partial charge in [-0.1, -0.05) is 0 Å². The maximum absolute atomic E-state index is 14.1. The number of amides is 1. The van der Waals surface area contributed by atoms with Crippen LogP contribution in [-0.4, -0.2) is 61.7 Å². The Bertz CT molecular complexity index is 796. The monoisotopic (exact) mass is 418 g/mol. The van der Waals surface area contributed by atoms with Crippen molar-refractivity contribution in [3.8, 4) is 0 Å². The van der Waals surface area contributed by atoms with Gasteiger partial charge in [-0.3, -0.25) is 4.79 Å². The molecule has 150 valence electrons. The SMILES string of the molecule is CS(=O)(=O)N1CCC(C(=O)N2CCS[C@H](c3cc(F)ccc3F)CC2)CC1. The maximum atomic E-state index is 14.1. The second-order valence-corrected chi connectivity index (χ2v) is 10.4. The predicted octanol–water partition coefficient (Wildman–Crippen LogP) is 2.64. The Balaban J connectivity index is 1.60. The Kier molecular flexibility index (Phi) is 6.43. The Morgan fingerprint density at radius 2 is 1.81 bits per heavy atom. The van der Waals surface area contributed by atoms with Crippen LogP contribution in [0.4, 0.5) is 8.78 Å². The first-order chi connectivity index (χ1) is 12.8. The van der Waals surface area contributed by atoms with Crippen molar-refractivity contribution < 1.29 is 22.0 Å². The molecule has 2 aliphatic rings. The molecule has 0 aliphatic carbocycles. The number of carbonyl (C=O) groups is 1. The molecule has 27 heavy (non-hydrogen) atoms. The molecule has 0 aromatic heterocycles. The highest BCUT2D eigenvalue weighted by molar-refractivity contribution is 7.99. The van der Waals surface area contributed by atoms with Crippen molar-refractivity contribution in [3.05, 3.63) is 35.4 Å². The molecule has 0 saturated carbocycles. The second-order valence-electron chi connectivity index (χ2n) is 7.08. The summed E-state index contributed by atoms with van der Waals surface area (Å²) in [6.45, 7) is 1.81. The average molecular weight is 419 g/mol. The van der Waals surface area contributed by atoms with Gasteiger partial charge in [-0.05, 0) is 37.5 Å². The van der Waals surface area contributed by atoms with E-state index < -0.39 is 21.7 Å². The van der Waals surface area contributed by atoms with Gasteiger partial charge in [0.15, 0.2) is 0 Å². The van der Waals surface area contributed by atoms with Crippen LogP contribution < -0.4 is 0 Å². The zero-order valence-corrected chi connectivity index (χ0v) is 16.9. The normalized spacial score (nSPS) is 23.2. The Morgan fingerprint density at radius 3 is 2.48 bits per heavy atom. The maximum Gasteiger partial charge on any atom is 0.225 e. The van der Waals surface area contributed by atoms with Crippen LogP contribution in [0, 0.1) is 17.6 Å². The smallest absolute Gasteiger partial charge is 0.225 e. The molecule has 0 bridgehead atoms. The van der Waals surface area contributed by atoms with Gasteiger partial charge in [-0.15, -0.1) is 0 Å². The quantitative estimate of drug-likeness (QED) is 0.757. The number of thioether (sulfide) groups is 1. The summed E-state index contributed by atoms with van der Waals surface area (Å²) < 4.78 is 52.2. The Hall–Kier alpha value is -1.19. The number of rotatable bonds is 3. The van der Waals surface area contributed by atoms with Crippen LogP contribution in [0.15, 0.2) is 18.2 Å². The van der Waals surface area contributed by atoms with E-state index in [4.69, 9.17) is 0 Å². The van der Waals surface area contributed by atoms with Crippen LogP contribution in [0.25, 0.3) is 0 Å². The highest BCUT2D eigenvalue weighted by Gasteiger charge is 2.32. The number of carbonyl (C=O) groups excluding carboxylic acids is 1. The standard InChI is InChI=1S/C18H24F2N2O3S2/c1-27(24,25)22-8-4-13(5-9-22)18(23)21-7-6-17(26-11-10-21)15-12-14(19)2-3-16(15)20/h2-3,12-13,17H,4-11H2,1H3/t17-/m0/s1. The van der Waals surface area contributed by atoms with Crippen molar-refractivity contribution in [3.63, 3.8) is 0 Å². The second kappa shape index (κ2) is 8.45. The number of sulfonamides is 1. The minimum absolute atomic E-state index is 0.0455. The third-order valence-corrected chi connectivity index (χ3v) is 7.84. The van der Waals surface area contributed by atoms with Gasteiger partial charge in [0.05, 0.1) is 6.26 Å². The van der Waals surface area contributed by atoms with E-state index in [1.54, 1.807) is 16.7 Å². The summed E-state index contributed by atoms with van der Waals surface area (Å²) in [5.41, 5.74) is 0.357. The molecule has 9 heteroatoms. The van der Waals surface area contributed by atoms with Crippen LogP contribution in [0.5, 0.6) is 0 Å². The van der Waals surface area contributed by atoms with Crippen LogP contribution in [0.1, 0.15) is 30.1 Å². The van der Waals surface area contributed by atoms with Gasteiger partial charge >= 0.3 is 0 Å². The molecule has 0 N–H and O–H groups in total. The van der Waals surface area contributed by atoms with E-state index in [2.05, 4.69) is 0 Å². The summed E-state index contributed by atoms with van der Waals surface area (Å²) in [6.07, 6.45) is 2.81. The molecule has 2 saturated heterocycles. The molecule has 1 amide bonds. The minimum atomic E-state index is -3.21. The summed E-state index contributed by atoms with van der Waals surface area (Å²) in [4.78, 5) is 14.6. The topological polar surface area (TPSA) is 57.7 Å². The van der Waals surface area contributed by atoms with Crippen molar-refractivity contribution in [1.82, 2.24) is 9.21 Å². The van der Waals surface area contributed by atoms with Crippen molar-refractivity contribution >= 4 is 27.7 Å². The van der Waals surface area contributed by atoms with E-state index in [1.165, 1.54) is 16.6 Å². The third-order valence-electron chi connectivity index (χ3n) is 5.23. The van der Waals surface area contributed by atoms with Gasteiger partial charge in [0, 0.05) is 48.7 Å². The largest absolute Gasteiger partial charge is 0.342 e. The number of hydrogen-bond donors (Lipinski definition) is 0. The number of nitrogens with zero attached hydrogens (tertiary/aromatic N) is 2. The molecule has 2 fully saturated rings. The van der Waals surface area contributed by atoms with Crippen LogP contribution in [0.3, 0.4) is 0 Å². The summed E-state index contributed by atoms with van der Waals surface area (Å²) in [5.74, 6) is -0.336. The molecule has 3 rings (SSSR count). The Labute approximate surface area is 163 Å². The number of piperidine rings is 1. The van der Waals surface area contributed by atoms with Gasteiger partial charge in [0.2, 0.25) is 15.9 Å². The van der Waals surface area contributed by atoms with Crippen molar-refractivity contribution in [1.29, 1.82) is 0 Å². The lowest BCUT2D eigenvalue weighted by atomic mass is 9.96. The van der Waals surface area contributed by atoms with Gasteiger partial charge in [0.25, 0.3) is 0 Å². The molecule has 1 aromatic rings. The zero-order chi connectivity index (χ0) is 19.6. The summed E-state index contributed by atoms with van der Waals surface area (Å²) in [6, 6.07) is 3.50. The van der Waals surface area contributed by atoms with Crippen molar-refractivity contribution in [2.75, 3.05) is 38.2 Å². The van der Waals surface area contributed by atoms with E-state index in [0.29, 0.717) is 56.8 Å². The zero-order valence-electron chi connectivity index (χ0n) is 15.2. The van der Waals surface area contributed by atoms with E-state index in [1.807, 2.05) is 0 Å². The van der Waals surface area contributed by atoms with E-state index in [9.17, 15) is 22.0 Å². The van der Waals surface area contributed by atoms with Crippen molar-refractivity contribution in [2.45, 2.75) is 24.5 Å². The molecular weight excluding hydrogens is 394 g/mol. The molecule has 1 aromatic carbocycles. The van der Waals surface area contributed by atoms with Gasteiger partial charge in [-0.25, -0.2) is 21.5 Å². The van der Waals surface area contributed by atoms with E-state index in [-0.39, 0.29) is 17.1 Å². The minimum Gasteiger partial charge on any atom is -0.342 e. The number of benzene rings is 1. The van der Waals surface area contributed by atoms with Gasteiger partial charge in [-0.2, -0.15) is 11.8 Å². The highest BCUT2D eigenvalue weighted by Crippen LogP contribution is 2.36. The molecule has 1 atom stereocenters. The summed E-state index contributed by atoms with van der Waals surface area (Å²) in [7, 11) is -3.21. The lowest BCUT2D eigenvalue weighted by Gasteiger charge is -2.32. The van der Waals surface area contributed by atoms with Gasteiger partial charge < -0.3 is 4.90 Å². The predicted molar refractivity (Wildman–Crippen MR) is 102 cm³/mol. The number of halogens is 2. The van der Waals surface area contributed by atoms with Crippen LogP contribution in [0.2, 0.25) is 0 Å². The first kappa shape index (κ1) is 20.5. The molecule has 0 radical (unpaired) electrons. The fourth-order valence-corrected chi connectivity index (χ4v) is 5.81. The summed E-state index contributed by atoms with van der Waals surface area (Å²) in [5, 5.41) is -0.175. The van der Waals surface area contributed by atoms with Crippen molar-refractivity contribution in [2.24, 2.45) is 5.92 Å². The fraction of sp³-hybridized carbons (Fsp3) is 0.611. The molecule has 2 heterocycles. The molecule has 5 nitrogen and oxygen atoms in total. The first-order valence-corrected chi connectivity index (χ1v) is 12.0. The first-order valence-electron chi connectivity index (χ1n) is 9.06. The molecule has 2 aliphatic heterocycles. The molecule has 0 unspecified atom stereocenters. The van der Waals surface area contributed by atoms with E-state index >= 15 is 0 Å². The van der Waals surface area contributed by atoms with Crippen LogP contribution in [-0.2, 0) is 14.8 Å². The third kappa shape index (κ3) is 5.00. The lowest BCUT2D eigenvalue weighted by molar-refractivity contribution is -0.136.